The summed E-state index contributed by atoms with van der Waals surface area (Å²) >= 11 is 6.57. The van der Waals surface area contributed by atoms with Crippen molar-refractivity contribution in [2.24, 2.45) is 0 Å². The number of methoxy groups -OCH3 is 1. The Kier molecular flexibility index (Phi) is 16.3. The number of carbonyl (C=O) groups is 4. The van der Waals surface area contributed by atoms with E-state index in [9.17, 15) is 23.7 Å². The first-order chi connectivity index (χ1) is 32.9. The second-order valence-corrected chi connectivity index (χ2v) is 22.1. The summed E-state index contributed by atoms with van der Waals surface area (Å²) in [4.78, 5) is 68.1. The second-order valence-electron chi connectivity index (χ2n) is 18.5. The molecule has 3 saturated heterocycles. The maximum atomic E-state index is 13.1. The van der Waals surface area contributed by atoms with E-state index in [4.69, 9.17) is 30.8 Å². The zero-order valence-electron chi connectivity index (χ0n) is 39.4. The van der Waals surface area contributed by atoms with Crippen molar-refractivity contribution in [3.05, 3.63) is 111 Å². The smallest absolute Gasteiger partial charge is 0.255 e. The van der Waals surface area contributed by atoms with Gasteiger partial charge in [-0.2, -0.15) is 0 Å². The lowest BCUT2D eigenvalue weighted by molar-refractivity contribution is -0.137. The molecule has 5 heterocycles. The number of rotatable bonds is 19. The number of ether oxygens (including phenoxy) is 3. The van der Waals surface area contributed by atoms with Crippen LogP contribution in [-0.4, -0.2) is 147 Å². The van der Waals surface area contributed by atoms with Crippen LogP contribution in [0.3, 0.4) is 0 Å². The van der Waals surface area contributed by atoms with Gasteiger partial charge >= 0.3 is 0 Å². The number of aryl methyl sites for hydroxylation is 1. The molecule has 0 saturated carbocycles. The Balaban J connectivity index is 0.704. The molecule has 17 heteroatoms. The van der Waals surface area contributed by atoms with E-state index < -0.39 is 19.1 Å². The van der Waals surface area contributed by atoms with Gasteiger partial charge < -0.3 is 33.5 Å². The van der Waals surface area contributed by atoms with Gasteiger partial charge in [0.1, 0.15) is 24.8 Å². The molecule has 4 aliphatic heterocycles. The maximum Gasteiger partial charge on any atom is 0.255 e. The number of piperazine rings is 1. The van der Waals surface area contributed by atoms with E-state index in [2.05, 4.69) is 38.3 Å². The highest BCUT2D eigenvalue weighted by Gasteiger charge is 2.40. The molecule has 0 spiro atoms. The van der Waals surface area contributed by atoms with E-state index in [-0.39, 0.29) is 24.1 Å². The summed E-state index contributed by atoms with van der Waals surface area (Å²) in [6, 6.07) is 19.7. The molecule has 0 bridgehead atoms. The highest BCUT2D eigenvalue weighted by molar-refractivity contribution is 7.70. The Morgan fingerprint density at radius 3 is 2.35 bits per heavy atom. The minimum atomic E-state index is -2.48. The Labute approximate surface area is 404 Å². The monoisotopic (exact) mass is 967 g/mol. The molecule has 3 aromatic carbocycles. The Morgan fingerprint density at radius 1 is 0.853 bits per heavy atom. The fraction of sp³-hybridized carbons (Fsp3) is 0.490. The summed E-state index contributed by atoms with van der Waals surface area (Å²) in [5.74, 6) is 0.685. The lowest BCUT2D eigenvalue weighted by Gasteiger charge is -2.43. The molecule has 4 aliphatic rings. The van der Waals surface area contributed by atoms with E-state index >= 15 is 0 Å². The first kappa shape index (κ1) is 49.2. The predicted octanol–water partition coefficient (Wildman–Crippen LogP) is 5.50. The fourth-order valence-corrected chi connectivity index (χ4v) is 11.4. The molecule has 4 aromatic rings. The topological polar surface area (TPSA) is 164 Å². The number of carbonyl (C=O) groups excluding carboxylic acids is 4. The molecule has 1 aromatic heterocycles. The van der Waals surface area contributed by atoms with Crippen molar-refractivity contribution in [1.29, 1.82) is 0 Å². The van der Waals surface area contributed by atoms with Crippen molar-refractivity contribution < 1.29 is 38.0 Å². The Morgan fingerprint density at radius 2 is 1.60 bits per heavy atom. The van der Waals surface area contributed by atoms with E-state index in [0.29, 0.717) is 86.8 Å². The number of fused-ring (bicyclic) bond motifs is 1. The van der Waals surface area contributed by atoms with Crippen LogP contribution >= 0.6 is 18.7 Å². The third kappa shape index (κ3) is 12.0. The maximum absolute atomic E-state index is 13.1. The van der Waals surface area contributed by atoms with Gasteiger partial charge in [-0.1, -0.05) is 54.1 Å². The van der Waals surface area contributed by atoms with Crippen LogP contribution in [0.4, 0.5) is 5.69 Å². The summed E-state index contributed by atoms with van der Waals surface area (Å²) in [6.07, 6.45) is 7.12. The van der Waals surface area contributed by atoms with Crippen molar-refractivity contribution in [3.63, 3.8) is 0 Å². The van der Waals surface area contributed by atoms with Gasteiger partial charge in [0.05, 0.1) is 44.1 Å². The van der Waals surface area contributed by atoms with Gasteiger partial charge in [0, 0.05) is 112 Å². The Bertz CT molecular complexity index is 2520. The molecule has 0 aliphatic carbocycles. The van der Waals surface area contributed by atoms with E-state index in [1.54, 1.807) is 37.6 Å². The van der Waals surface area contributed by atoms with Crippen LogP contribution in [0.2, 0.25) is 5.02 Å². The number of imide groups is 1. The van der Waals surface area contributed by atoms with Gasteiger partial charge in [0.25, 0.3) is 5.91 Å². The zero-order valence-corrected chi connectivity index (χ0v) is 41.1. The molecule has 1 atom stereocenters. The van der Waals surface area contributed by atoms with Crippen LogP contribution in [-0.2, 0) is 54.2 Å². The molecule has 362 valence electrons. The summed E-state index contributed by atoms with van der Waals surface area (Å²) in [7, 11) is -0.788. The first-order valence-electron chi connectivity index (χ1n) is 23.8. The molecule has 68 heavy (non-hydrogen) atoms. The molecule has 15 nitrogen and oxygen atoms in total. The molecule has 4 amide bonds. The average Bonchev–Trinajstić information content (AvgIpc) is 3.67. The average molecular weight is 969 g/mol. The number of benzene rings is 3. The number of anilines is 1. The van der Waals surface area contributed by atoms with E-state index in [1.165, 1.54) is 0 Å². The minimum Gasteiger partial charge on any atom is -0.496 e. The number of hydrogen-bond donors (Lipinski definition) is 1. The van der Waals surface area contributed by atoms with Gasteiger partial charge in [-0.25, -0.2) is 9.97 Å². The van der Waals surface area contributed by atoms with Crippen molar-refractivity contribution in [3.8, 4) is 5.75 Å². The quantitative estimate of drug-likeness (QED) is 0.0715. The zero-order chi connectivity index (χ0) is 47.8. The van der Waals surface area contributed by atoms with E-state index in [1.807, 2.05) is 41.3 Å². The van der Waals surface area contributed by atoms with Crippen LogP contribution < -0.4 is 20.3 Å². The Hall–Kier alpha value is -5.18. The third-order valence-corrected chi connectivity index (χ3v) is 15.6. The number of nitrogens with zero attached hydrogens (tertiary/aromatic N) is 6. The lowest BCUT2D eigenvalue weighted by Crippen LogP contribution is -2.54. The third-order valence-electron chi connectivity index (χ3n) is 13.7. The number of nitrogens with one attached hydrogen (secondary N) is 1. The molecule has 1 unspecified atom stereocenters. The van der Waals surface area contributed by atoms with Gasteiger partial charge in [-0.3, -0.25) is 29.4 Å². The molecule has 1 N–H and O–H groups in total. The van der Waals surface area contributed by atoms with E-state index in [0.717, 1.165) is 104 Å². The summed E-state index contributed by atoms with van der Waals surface area (Å²) < 4.78 is 30.4. The van der Waals surface area contributed by atoms with Crippen molar-refractivity contribution in [2.45, 2.75) is 76.4 Å². The fourth-order valence-electron chi connectivity index (χ4n) is 9.98. The summed E-state index contributed by atoms with van der Waals surface area (Å²) in [5, 5.41) is 3.68. The lowest BCUT2D eigenvalue weighted by atomic mass is 10.00. The standard InChI is InChI=1S/C51H63ClN7O8P/c1-65-45-32-39(14-13-36(45)31-47-53-33-42(52)43(54-47)30-37-8-4-5-12-46(37)68(2,3)64)56-20-17-38(18-21-56)57-22-24-58(25-23-57)49(61)19-27-67-29-28-66-26-7-10-35-9-6-11-40-41(35)34-59(51(40)63)44-15-16-48(60)55-50(44)62/h4-6,8-9,11-14,32-33,38,44H,7,10,15-31,34H2,1-3H3,(H,55,60,62). The first-order valence-corrected chi connectivity index (χ1v) is 26.8. The number of piperidine rings is 2. The summed E-state index contributed by atoms with van der Waals surface area (Å²) in [6.45, 7) is 10.7. The molecule has 0 radical (unpaired) electrons. The summed E-state index contributed by atoms with van der Waals surface area (Å²) in [5.41, 5.74) is 6.40. The SMILES string of the molecule is COc1cc(N2CCC(N3CCN(C(=O)CCOCCOCCCc4cccc5c4CN(C4CCC(=O)NC4=O)C5=O)CC3)CC2)ccc1Cc1ncc(Cl)c(Cc2ccccc2P(C)(C)=O)n1. The van der Waals surface area contributed by atoms with Crippen LogP contribution in [0.1, 0.15) is 82.7 Å². The van der Waals surface area contributed by atoms with Gasteiger partial charge in [0.2, 0.25) is 17.7 Å². The van der Waals surface area contributed by atoms with Gasteiger partial charge in [-0.05, 0) is 74.3 Å². The number of halogens is 1. The van der Waals surface area contributed by atoms with Gasteiger partial charge in [-0.15, -0.1) is 0 Å². The molecule has 3 fully saturated rings. The minimum absolute atomic E-state index is 0.123. The van der Waals surface area contributed by atoms with Crippen molar-refractivity contribution in [1.82, 2.24) is 30.0 Å². The van der Waals surface area contributed by atoms with Crippen molar-refractivity contribution in [2.75, 3.05) is 91.0 Å². The number of aromatic nitrogens is 2. The predicted molar refractivity (Wildman–Crippen MR) is 262 cm³/mol. The molecule has 8 rings (SSSR count). The van der Waals surface area contributed by atoms with Crippen LogP contribution in [0.15, 0.2) is 66.9 Å². The van der Waals surface area contributed by atoms with Crippen LogP contribution in [0, 0.1) is 0 Å². The number of hydrogen-bond acceptors (Lipinski definition) is 12. The van der Waals surface area contributed by atoms with Gasteiger partial charge in [0.15, 0.2) is 0 Å². The second kappa shape index (κ2) is 22.5. The largest absolute Gasteiger partial charge is 0.496 e. The normalized spacial score (nSPS) is 18.3. The van der Waals surface area contributed by atoms with Crippen molar-refractivity contribution >= 4 is 53.4 Å². The molecular weight excluding hydrogens is 905 g/mol. The highest BCUT2D eigenvalue weighted by Crippen LogP contribution is 2.37. The van der Waals surface area contributed by atoms with Crippen LogP contribution in [0.5, 0.6) is 5.75 Å². The highest BCUT2D eigenvalue weighted by atomic mass is 35.5. The number of amides is 4. The molecular formula is C51H63ClN7O8P. The van der Waals surface area contributed by atoms with Crippen LogP contribution in [0.25, 0.3) is 0 Å².